The van der Waals surface area contributed by atoms with Crippen LogP contribution in [0.5, 0.6) is 11.5 Å². The fourth-order valence-electron chi connectivity index (χ4n) is 4.45. The summed E-state index contributed by atoms with van der Waals surface area (Å²) in [6.45, 7) is 6.68. The second-order valence-corrected chi connectivity index (χ2v) is 9.98. The number of nitrogens with one attached hydrogen (secondary N) is 1. The zero-order valence-corrected chi connectivity index (χ0v) is 27.6. The average Bonchev–Trinajstić information content (AvgIpc) is 3.58. The lowest BCUT2D eigenvalue weighted by Gasteiger charge is -2.10. The van der Waals surface area contributed by atoms with E-state index >= 15 is 0 Å². The molecule has 0 saturated carbocycles. The Kier molecular flexibility index (Phi) is 13.0. The van der Waals surface area contributed by atoms with Gasteiger partial charge in [-0.05, 0) is 55.3 Å². The molecule has 0 spiro atoms. The maximum Gasteiger partial charge on any atom is 0.345 e. The summed E-state index contributed by atoms with van der Waals surface area (Å²) in [5, 5.41) is 12.6. The minimum Gasteiger partial charge on any atom is -0.501 e. The van der Waals surface area contributed by atoms with Gasteiger partial charge in [0.2, 0.25) is 0 Å². The first-order chi connectivity index (χ1) is 21.8. The molecule has 4 aromatic rings. The van der Waals surface area contributed by atoms with E-state index < -0.39 is 5.91 Å². The molecule has 0 bridgehead atoms. The molecule has 0 aliphatic carbocycles. The predicted molar refractivity (Wildman–Crippen MR) is 177 cm³/mol. The SMILES string of the molecule is C/C=C(\C/C=C\CCn1c(-c2nn(Cc3ccc(OC)cc3)cc2NC(=O)c2cc(Cl)ccc2OC)nn(C)c1=O)OC.CC. The lowest BCUT2D eigenvalue weighted by molar-refractivity contribution is 0.102. The quantitative estimate of drug-likeness (QED) is 0.135. The highest BCUT2D eigenvalue weighted by molar-refractivity contribution is 6.31. The Labute approximate surface area is 268 Å². The number of amides is 1. The molecule has 2 aromatic carbocycles. The smallest absolute Gasteiger partial charge is 0.345 e. The number of halogens is 1. The summed E-state index contributed by atoms with van der Waals surface area (Å²) in [4.78, 5) is 26.6. The number of aromatic nitrogens is 5. The van der Waals surface area contributed by atoms with Gasteiger partial charge in [-0.2, -0.15) is 5.10 Å². The fraction of sp³-hybridized carbons (Fsp3) is 0.333. The van der Waals surface area contributed by atoms with Crippen molar-refractivity contribution < 1.29 is 19.0 Å². The summed E-state index contributed by atoms with van der Waals surface area (Å²) in [5.41, 5.74) is 1.64. The minimum absolute atomic E-state index is 0.254. The van der Waals surface area contributed by atoms with Crippen molar-refractivity contribution in [3.63, 3.8) is 0 Å². The number of allylic oxidation sites excluding steroid dienone is 3. The number of ether oxygens (including phenoxy) is 3. The van der Waals surface area contributed by atoms with Crippen molar-refractivity contribution in [3.8, 4) is 23.0 Å². The molecule has 0 aliphatic heterocycles. The highest BCUT2D eigenvalue weighted by Crippen LogP contribution is 2.28. The summed E-state index contributed by atoms with van der Waals surface area (Å²) in [7, 11) is 6.31. The first kappa shape index (κ1) is 34.7. The molecule has 2 aromatic heterocycles. The predicted octanol–water partition coefficient (Wildman–Crippen LogP) is 6.33. The highest BCUT2D eigenvalue weighted by Gasteiger charge is 2.23. The molecule has 0 saturated heterocycles. The second-order valence-electron chi connectivity index (χ2n) is 9.54. The van der Waals surface area contributed by atoms with Gasteiger partial charge in [0.15, 0.2) is 11.5 Å². The van der Waals surface area contributed by atoms with E-state index in [4.69, 9.17) is 30.9 Å². The summed E-state index contributed by atoms with van der Waals surface area (Å²) in [6, 6.07) is 12.4. The van der Waals surface area contributed by atoms with Gasteiger partial charge in [-0.1, -0.05) is 49.7 Å². The van der Waals surface area contributed by atoms with Gasteiger partial charge in [0.05, 0.1) is 44.9 Å². The third kappa shape index (κ3) is 8.89. The Morgan fingerprint density at radius 3 is 2.40 bits per heavy atom. The van der Waals surface area contributed by atoms with Crippen LogP contribution in [-0.2, 0) is 24.9 Å². The van der Waals surface area contributed by atoms with Crippen LogP contribution in [0.2, 0.25) is 5.02 Å². The zero-order chi connectivity index (χ0) is 32.9. The molecule has 1 amide bonds. The van der Waals surface area contributed by atoms with E-state index in [1.807, 2.05) is 63.3 Å². The maximum atomic E-state index is 13.5. The number of anilines is 1. The Bertz CT molecular complexity index is 1680. The molecule has 45 heavy (non-hydrogen) atoms. The molecule has 0 fully saturated rings. The summed E-state index contributed by atoms with van der Waals surface area (Å²) in [5.74, 6) is 1.84. The van der Waals surface area contributed by atoms with E-state index in [0.717, 1.165) is 17.1 Å². The van der Waals surface area contributed by atoms with E-state index in [0.29, 0.717) is 53.9 Å². The number of benzene rings is 2. The van der Waals surface area contributed by atoms with Gasteiger partial charge < -0.3 is 19.5 Å². The number of rotatable bonds is 13. The summed E-state index contributed by atoms with van der Waals surface area (Å²) >= 11 is 6.18. The molecule has 0 unspecified atom stereocenters. The van der Waals surface area contributed by atoms with Crippen LogP contribution in [0.4, 0.5) is 5.69 Å². The van der Waals surface area contributed by atoms with Crippen molar-refractivity contribution in [3.05, 3.63) is 99.3 Å². The van der Waals surface area contributed by atoms with Crippen molar-refractivity contribution in [2.75, 3.05) is 26.6 Å². The van der Waals surface area contributed by atoms with E-state index in [2.05, 4.69) is 10.4 Å². The highest BCUT2D eigenvalue weighted by atomic mass is 35.5. The average molecular weight is 637 g/mol. The molecule has 240 valence electrons. The standard InChI is InChI=1S/C31H35ClN6O5.C2H6/c1-6-23(41-3)10-8-7-9-17-38-29(35-36(2)31(38)40)28-26(33-30(39)25-18-22(32)13-16-27(25)43-5)20-37(34-28)19-21-11-14-24(42-4)15-12-21;1-2/h6-8,11-16,18,20H,9-10,17,19H2,1-5H3,(H,33,39);1-2H3/b8-7-,23-6+;. The molecule has 0 aliphatic rings. The first-order valence-electron chi connectivity index (χ1n) is 14.6. The maximum absolute atomic E-state index is 13.5. The normalized spacial score (nSPS) is 11.2. The Morgan fingerprint density at radius 2 is 1.76 bits per heavy atom. The van der Waals surface area contributed by atoms with Gasteiger partial charge in [-0.3, -0.25) is 14.0 Å². The molecule has 0 radical (unpaired) electrons. The number of carbonyl (C=O) groups is 1. The zero-order valence-electron chi connectivity index (χ0n) is 26.8. The van der Waals surface area contributed by atoms with Crippen LogP contribution >= 0.6 is 11.6 Å². The van der Waals surface area contributed by atoms with Gasteiger partial charge in [-0.15, -0.1) is 5.10 Å². The van der Waals surface area contributed by atoms with Gasteiger partial charge in [0.25, 0.3) is 5.91 Å². The molecule has 1 N–H and O–H groups in total. The van der Waals surface area contributed by atoms with Crippen LogP contribution in [-0.4, -0.2) is 51.4 Å². The van der Waals surface area contributed by atoms with Crippen molar-refractivity contribution >= 4 is 23.2 Å². The van der Waals surface area contributed by atoms with E-state index in [1.165, 1.54) is 17.9 Å². The third-order valence-corrected chi connectivity index (χ3v) is 6.96. The van der Waals surface area contributed by atoms with Crippen LogP contribution < -0.4 is 20.5 Å². The number of aryl methyl sites for hydroxylation is 1. The third-order valence-electron chi connectivity index (χ3n) is 6.73. The topological polar surface area (TPSA) is 114 Å². The number of nitrogens with zero attached hydrogens (tertiary/aromatic N) is 5. The minimum atomic E-state index is -0.449. The fourth-order valence-corrected chi connectivity index (χ4v) is 4.62. The Hall–Kier alpha value is -4.77. The Morgan fingerprint density at radius 1 is 1.02 bits per heavy atom. The lowest BCUT2D eigenvalue weighted by atomic mass is 10.2. The van der Waals surface area contributed by atoms with Crippen LogP contribution in [0.1, 0.15) is 49.5 Å². The van der Waals surface area contributed by atoms with Crippen LogP contribution in [0, 0.1) is 0 Å². The molecule has 4 rings (SSSR count). The van der Waals surface area contributed by atoms with E-state index in [1.54, 1.807) is 48.8 Å². The second kappa shape index (κ2) is 16.9. The van der Waals surface area contributed by atoms with E-state index in [9.17, 15) is 9.59 Å². The van der Waals surface area contributed by atoms with Gasteiger partial charge in [-0.25, -0.2) is 9.48 Å². The van der Waals surface area contributed by atoms with Crippen molar-refractivity contribution in [1.82, 2.24) is 24.1 Å². The van der Waals surface area contributed by atoms with Gasteiger partial charge in [0.1, 0.15) is 11.5 Å². The summed E-state index contributed by atoms with van der Waals surface area (Å²) in [6.07, 6.45) is 8.83. The lowest BCUT2D eigenvalue weighted by Crippen LogP contribution is -2.23. The number of hydrogen-bond acceptors (Lipinski definition) is 7. The largest absolute Gasteiger partial charge is 0.501 e. The van der Waals surface area contributed by atoms with Crippen LogP contribution in [0.15, 0.2) is 77.4 Å². The molecule has 2 heterocycles. The van der Waals surface area contributed by atoms with Crippen LogP contribution in [0.3, 0.4) is 0 Å². The molecule has 12 heteroatoms. The van der Waals surface area contributed by atoms with Crippen LogP contribution in [0.25, 0.3) is 11.5 Å². The van der Waals surface area contributed by atoms with Gasteiger partial charge in [0, 0.05) is 31.2 Å². The molecular weight excluding hydrogens is 596 g/mol. The Balaban J connectivity index is 0.00000271. The van der Waals surface area contributed by atoms with Crippen molar-refractivity contribution in [2.45, 2.75) is 46.7 Å². The summed E-state index contributed by atoms with van der Waals surface area (Å²) < 4.78 is 20.4. The first-order valence-corrected chi connectivity index (χ1v) is 15.0. The van der Waals surface area contributed by atoms with Gasteiger partial charge >= 0.3 is 5.69 Å². The van der Waals surface area contributed by atoms with Crippen molar-refractivity contribution in [1.29, 1.82) is 0 Å². The van der Waals surface area contributed by atoms with E-state index in [-0.39, 0.29) is 11.3 Å². The molecular formula is C33H41ClN6O5. The van der Waals surface area contributed by atoms with Crippen molar-refractivity contribution in [2.24, 2.45) is 7.05 Å². The monoisotopic (exact) mass is 636 g/mol. The number of methoxy groups -OCH3 is 3. The molecule has 0 atom stereocenters. The number of hydrogen-bond donors (Lipinski definition) is 1. The number of carbonyl (C=O) groups excluding carboxylic acids is 1. The molecule has 11 nitrogen and oxygen atoms in total.